The van der Waals surface area contributed by atoms with E-state index in [1.165, 1.54) is 0 Å². The second kappa shape index (κ2) is 5.67. The van der Waals surface area contributed by atoms with Gasteiger partial charge in [0.25, 0.3) is 5.91 Å². The first kappa shape index (κ1) is 13.2. The summed E-state index contributed by atoms with van der Waals surface area (Å²) in [5.41, 5.74) is 1.70. The zero-order valence-electron chi connectivity index (χ0n) is 10.8. The van der Waals surface area contributed by atoms with E-state index in [0.29, 0.717) is 12.2 Å². The Morgan fingerprint density at radius 2 is 2.05 bits per heavy atom. The number of benzene rings is 2. The zero-order valence-corrected chi connectivity index (χ0v) is 12.4. The fourth-order valence-electron chi connectivity index (χ4n) is 2.36. The molecule has 1 N–H and O–H groups in total. The zero-order chi connectivity index (χ0) is 13.9. The van der Waals surface area contributed by atoms with E-state index in [4.69, 9.17) is 4.74 Å². The molecule has 1 aliphatic heterocycles. The Bertz CT molecular complexity index is 642. The van der Waals surface area contributed by atoms with Crippen LogP contribution in [-0.4, -0.2) is 12.5 Å². The van der Waals surface area contributed by atoms with E-state index in [1.807, 2.05) is 48.5 Å². The Balaban J connectivity index is 1.81. The highest BCUT2D eigenvalue weighted by molar-refractivity contribution is 9.10. The lowest BCUT2D eigenvalue weighted by atomic mass is 10.00. The number of nitrogens with one attached hydrogen (secondary N) is 1. The lowest BCUT2D eigenvalue weighted by Gasteiger charge is -2.26. The van der Waals surface area contributed by atoms with Crippen molar-refractivity contribution in [2.45, 2.75) is 12.5 Å². The van der Waals surface area contributed by atoms with E-state index in [0.717, 1.165) is 22.2 Å². The molecule has 3 rings (SSSR count). The summed E-state index contributed by atoms with van der Waals surface area (Å²) in [5.74, 6) is 0.797. The number of hydrogen-bond acceptors (Lipinski definition) is 2. The van der Waals surface area contributed by atoms with Crippen LogP contribution in [0.5, 0.6) is 5.75 Å². The van der Waals surface area contributed by atoms with Gasteiger partial charge in [-0.15, -0.1) is 0 Å². The number of fused-ring (bicyclic) bond motifs is 1. The molecule has 4 heteroatoms. The van der Waals surface area contributed by atoms with Gasteiger partial charge >= 0.3 is 0 Å². The van der Waals surface area contributed by atoms with E-state index < -0.39 is 0 Å². The Hall–Kier alpha value is -1.81. The quantitative estimate of drug-likeness (QED) is 0.911. The van der Waals surface area contributed by atoms with E-state index in [9.17, 15) is 4.79 Å². The van der Waals surface area contributed by atoms with E-state index in [2.05, 4.69) is 21.2 Å². The van der Waals surface area contributed by atoms with E-state index in [-0.39, 0.29) is 11.9 Å². The molecule has 1 atom stereocenters. The van der Waals surface area contributed by atoms with Gasteiger partial charge in [-0.05, 0) is 24.3 Å². The molecule has 2 aromatic rings. The summed E-state index contributed by atoms with van der Waals surface area (Å²) < 4.78 is 6.50. The number of halogens is 1. The van der Waals surface area contributed by atoms with Gasteiger partial charge in [-0.25, -0.2) is 0 Å². The molecule has 0 radical (unpaired) electrons. The molecule has 0 aromatic heterocycles. The van der Waals surface area contributed by atoms with Gasteiger partial charge in [-0.2, -0.15) is 0 Å². The van der Waals surface area contributed by atoms with Crippen LogP contribution < -0.4 is 10.1 Å². The minimum Gasteiger partial charge on any atom is -0.493 e. The van der Waals surface area contributed by atoms with Crippen LogP contribution in [0, 0.1) is 0 Å². The second-order valence-electron chi connectivity index (χ2n) is 4.71. The second-order valence-corrected chi connectivity index (χ2v) is 5.63. The SMILES string of the molecule is O=C(NC1CCOc2ccccc21)c1cccc(Br)c1. The van der Waals surface area contributed by atoms with Crippen LogP contribution in [-0.2, 0) is 0 Å². The largest absolute Gasteiger partial charge is 0.493 e. The topological polar surface area (TPSA) is 38.3 Å². The van der Waals surface area contributed by atoms with Gasteiger partial charge in [0.15, 0.2) is 0 Å². The van der Waals surface area contributed by atoms with E-state index >= 15 is 0 Å². The first-order valence-electron chi connectivity index (χ1n) is 6.52. The molecule has 1 aliphatic rings. The summed E-state index contributed by atoms with van der Waals surface area (Å²) >= 11 is 3.38. The predicted molar refractivity (Wildman–Crippen MR) is 80.9 cm³/mol. The van der Waals surface area contributed by atoms with Crippen molar-refractivity contribution in [1.29, 1.82) is 0 Å². The maximum absolute atomic E-state index is 12.3. The van der Waals surface area contributed by atoms with Crippen LogP contribution in [0.2, 0.25) is 0 Å². The highest BCUT2D eigenvalue weighted by Gasteiger charge is 2.22. The molecule has 102 valence electrons. The van der Waals surface area contributed by atoms with Gasteiger partial charge in [-0.3, -0.25) is 4.79 Å². The molecule has 1 amide bonds. The van der Waals surface area contributed by atoms with Crippen LogP contribution in [0.4, 0.5) is 0 Å². The maximum atomic E-state index is 12.3. The molecular weight excluding hydrogens is 318 g/mol. The van der Waals surface area contributed by atoms with Gasteiger partial charge in [0.1, 0.15) is 5.75 Å². The third kappa shape index (κ3) is 2.70. The van der Waals surface area contributed by atoms with Crippen LogP contribution in [0.15, 0.2) is 53.0 Å². The molecule has 0 bridgehead atoms. The molecule has 3 nitrogen and oxygen atoms in total. The Morgan fingerprint density at radius 1 is 1.20 bits per heavy atom. The number of rotatable bonds is 2. The lowest BCUT2D eigenvalue weighted by Crippen LogP contribution is -2.32. The molecule has 0 saturated heterocycles. The highest BCUT2D eigenvalue weighted by Crippen LogP contribution is 2.31. The van der Waals surface area contributed by atoms with Crippen molar-refractivity contribution in [2.24, 2.45) is 0 Å². The molecule has 1 heterocycles. The van der Waals surface area contributed by atoms with Gasteiger partial charge in [-0.1, -0.05) is 40.2 Å². The fraction of sp³-hybridized carbons (Fsp3) is 0.188. The first-order valence-corrected chi connectivity index (χ1v) is 7.31. The lowest BCUT2D eigenvalue weighted by molar-refractivity contribution is 0.0924. The van der Waals surface area contributed by atoms with Crippen molar-refractivity contribution < 1.29 is 9.53 Å². The fourth-order valence-corrected chi connectivity index (χ4v) is 2.76. The number of carbonyl (C=O) groups is 1. The molecule has 0 aliphatic carbocycles. The van der Waals surface area contributed by atoms with Crippen molar-refractivity contribution in [3.8, 4) is 5.75 Å². The molecule has 20 heavy (non-hydrogen) atoms. The summed E-state index contributed by atoms with van der Waals surface area (Å²) in [4.78, 5) is 12.3. The van der Waals surface area contributed by atoms with Crippen molar-refractivity contribution >= 4 is 21.8 Å². The van der Waals surface area contributed by atoms with Gasteiger partial charge < -0.3 is 10.1 Å². The smallest absolute Gasteiger partial charge is 0.251 e. The third-order valence-electron chi connectivity index (χ3n) is 3.35. The Kier molecular flexibility index (Phi) is 3.74. The monoisotopic (exact) mass is 331 g/mol. The number of amides is 1. The minimum atomic E-state index is -0.0620. The Labute approximate surface area is 126 Å². The summed E-state index contributed by atoms with van der Waals surface area (Å²) in [6.07, 6.45) is 0.788. The highest BCUT2D eigenvalue weighted by atomic mass is 79.9. The van der Waals surface area contributed by atoms with E-state index in [1.54, 1.807) is 0 Å². The van der Waals surface area contributed by atoms with Crippen molar-refractivity contribution in [3.63, 3.8) is 0 Å². The Morgan fingerprint density at radius 3 is 2.90 bits per heavy atom. The van der Waals surface area contributed by atoms with Crippen molar-refractivity contribution in [2.75, 3.05) is 6.61 Å². The summed E-state index contributed by atoms with van der Waals surface area (Å²) in [7, 11) is 0. The van der Waals surface area contributed by atoms with Gasteiger partial charge in [0, 0.05) is 22.0 Å². The standard InChI is InChI=1S/C16H14BrNO2/c17-12-5-3-4-11(10-12)16(19)18-14-8-9-20-15-7-2-1-6-13(14)15/h1-7,10,14H,8-9H2,(H,18,19). The third-order valence-corrected chi connectivity index (χ3v) is 3.84. The average Bonchev–Trinajstić information content (AvgIpc) is 2.47. The summed E-state index contributed by atoms with van der Waals surface area (Å²) in [6, 6.07) is 15.2. The van der Waals surface area contributed by atoms with Crippen LogP contribution in [0.25, 0.3) is 0 Å². The van der Waals surface area contributed by atoms with Crippen molar-refractivity contribution in [1.82, 2.24) is 5.32 Å². The molecular formula is C16H14BrNO2. The number of hydrogen-bond donors (Lipinski definition) is 1. The summed E-state index contributed by atoms with van der Waals surface area (Å²) in [5, 5.41) is 3.08. The van der Waals surface area contributed by atoms with Gasteiger partial charge in [0.05, 0.1) is 12.6 Å². The normalized spacial score (nSPS) is 16.9. The molecule has 1 unspecified atom stereocenters. The minimum absolute atomic E-state index is 0.00596. The molecule has 0 spiro atoms. The number of para-hydroxylation sites is 1. The first-order chi connectivity index (χ1) is 9.74. The van der Waals surface area contributed by atoms with Crippen molar-refractivity contribution in [3.05, 3.63) is 64.1 Å². The predicted octanol–water partition coefficient (Wildman–Crippen LogP) is 3.70. The van der Waals surface area contributed by atoms with Crippen LogP contribution >= 0.6 is 15.9 Å². The van der Waals surface area contributed by atoms with Gasteiger partial charge in [0.2, 0.25) is 0 Å². The van der Waals surface area contributed by atoms with Crippen LogP contribution in [0.1, 0.15) is 28.4 Å². The molecule has 2 aromatic carbocycles. The summed E-state index contributed by atoms with van der Waals surface area (Å²) in [6.45, 7) is 0.625. The molecule has 0 fully saturated rings. The number of carbonyl (C=O) groups excluding carboxylic acids is 1. The molecule has 0 saturated carbocycles. The van der Waals surface area contributed by atoms with Crippen LogP contribution in [0.3, 0.4) is 0 Å². The number of ether oxygens (including phenoxy) is 1. The average molecular weight is 332 g/mol. The maximum Gasteiger partial charge on any atom is 0.251 e.